The topological polar surface area (TPSA) is 65.8 Å². The Kier molecular flexibility index (Phi) is 5.93. The molecule has 2 aromatic rings. The fourth-order valence-corrected chi connectivity index (χ4v) is 4.32. The summed E-state index contributed by atoms with van der Waals surface area (Å²) in [4.78, 5) is 30.0. The second-order valence-electron chi connectivity index (χ2n) is 6.01. The standard InChI is InChI=1S/C17H20BrN3O3S/c1-12(19-16(22)13-4-9-24-11-13)17(23)21-7-5-20(6-8-21)10-14-2-3-15(18)25-14/h2-4,9,11-12H,5-8,10H2,1H3,(H,19,22). The predicted molar refractivity (Wildman–Crippen MR) is 99.5 cm³/mol. The van der Waals surface area contributed by atoms with Crippen LogP contribution in [-0.2, 0) is 11.3 Å². The molecule has 1 atom stereocenters. The van der Waals surface area contributed by atoms with Crippen molar-refractivity contribution in [3.8, 4) is 0 Å². The van der Waals surface area contributed by atoms with Crippen LogP contribution < -0.4 is 5.32 Å². The van der Waals surface area contributed by atoms with E-state index in [1.165, 1.54) is 17.4 Å². The summed E-state index contributed by atoms with van der Waals surface area (Å²) in [5.74, 6) is -0.341. The second-order valence-corrected chi connectivity index (χ2v) is 8.56. The number of hydrogen-bond donors (Lipinski definition) is 1. The van der Waals surface area contributed by atoms with Gasteiger partial charge in [0.15, 0.2) is 0 Å². The van der Waals surface area contributed by atoms with Crippen LogP contribution in [0.1, 0.15) is 22.2 Å². The summed E-state index contributed by atoms with van der Waals surface area (Å²) in [7, 11) is 0. The average molecular weight is 426 g/mol. The van der Waals surface area contributed by atoms with Gasteiger partial charge in [0.05, 0.1) is 15.6 Å². The number of thiophene rings is 1. The number of carbonyl (C=O) groups is 2. The van der Waals surface area contributed by atoms with E-state index in [0.29, 0.717) is 18.7 Å². The number of nitrogens with one attached hydrogen (secondary N) is 1. The van der Waals surface area contributed by atoms with Crippen LogP contribution in [-0.4, -0.2) is 53.8 Å². The van der Waals surface area contributed by atoms with Crippen molar-refractivity contribution in [2.45, 2.75) is 19.5 Å². The lowest BCUT2D eigenvalue weighted by Crippen LogP contribution is -2.53. The maximum atomic E-state index is 12.5. The molecule has 1 N–H and O–H groups in total. The van der Waals surface area contributed by atoms with Gasteiger partial charge in [0.2, 0.25) is 5.91 Å². The molecule has 2 amide bonds. The Morgan fingerprint density at radius 1 is 1.28 bits per heavy atom. The predicted octanol–water partition coefficient (Wildman–Crippen LogP) is 2.57. The molecule has 0 aromatic carbocycles. The molecule has 25 heavy (non-hydrogen) atoms. The van der Waals surface area contributed by atoms with Gasteiger partial charge in [-0.2, -0.15) is 0 Å². The molecule has 1 fully saturated rings. The molecule has 0 radical (unpaired) electrons. The number of amides is 2. The maximum absolute atomic E-state index is 12.5. The van der Waals surface area contributed by atoms with Crippen LogP contribution in [0.4, 0.5) is 0 Å². The highest BCUT2D eigenvalue weighted by Gasteiger charge is 2.26. The quantitative estimate of drug-likeness (QED) is 0.799. The molecule has 2 aromatic heterocycles. The summed E-state index contributed by atoms with van der Waals surface area (Å²) in [6, 6.07) is 5.21. The highest BCUT2D eigenvalue weighted by molar-refractivity contribution is 9.11. The summed E-state index contributed by atoms with van der Waals surface area (Å²) in [5, 5.41) is 2.73. The third kappa shape index (κ3) is 4.71. The van der Waals surface area contributed by atoms with Crippen LogP contribution in [0.15, 0.2) is 38.9 Å². The van der Waals surface area contributed by atoms with Crippen LogP contribution >= 0.6 is 27.3 Å². The molecular formula is C17H20BrN3O3S. The second kappa shape index (κ2) is 8.16. The van der Waals surface area contributed by atoms with Crippen molar-refractivity contribution in [2.75, 3.05) is 26.2 Å². The number of halogens is 1. The Morgan fingerprint density at radius 3 is 2.64 bits per heavy atom. The largest absolute Gasteiger partial charge is 0.472 e. The van der Waals surface area contributed by atoms with Gasteiger partial charge >= 0.3 is 0 Å². The van der Waals surface area contributed by atoms with E-state index < -0.39 is 6.04 Å². The summed E-state index contributed by atoms with van der Waals surface area (Å²) >= 11 is 5.22. The number of nitrogens with zero attached hydrogens (tertiary/aromatic N) is 2. The van der Waals surface area contributed by atoms with E-state index >= 15 is 0 Å². The molecule has 6 nitrogen and oxygen atoms in total. The van der Waals surface area contributed by atoms with Gasteiger partial charge in [0.1, 0.15) is 12.3 Å². The number of carbonyl (C=O) groups excluding carboxylic acids is 2. The normalized spacial score (nSPS) is 16.6. The zero-order chi connectivity index (χ0) is 17.8. The molecule has 0 bridgehead atoms. The number of rotatable bonds is 5. The molecule has 0 spiro atoms. The minimum atomic E-state index is -0.554. The van der Waals surface area contributed by atoms with E-state index in [2.05, 4.69) is 38.3 Å². The van der Waals surface area contributed by atoms with Gasteiger partial charge in [-0.15, -0.1) is 11.3 Å². The monoisotopic (exact) mass is 425 g/mol. The van der Waals surface area contributed by atoms with Gasteiger partial charge in [0, 0.05) is 37.6 Å². The summed E-state index contributed by atoms with van der Waals surface area (Å²) in [6.45, 7) is 5.66. The first-order valence-electron chi connectivity index (χ1n) is 8.11. The minimum absolute atomic E-state index is 0.0460. The lowest BCUT2D eigenvalue weighted by molar-refractivity contribution is -0.134. The molecule has 8 heteroatoms. The molecule has 1 aliphatic heterocycles. The first-order chi connectivity index (χ1) is 12.0. The lowest BCUT2D eigenvalue weighted by atomic mass is 10.2. The van der Waals surface area contributed by atoms with E-state index in [-0.39, 0.29) is 11.8 Å². The zero-order valence-corrected chi connectivity index (χ0v) is 16.3. The summed E-state index contributed by atoms with van der Waals surface area (Å²) < 4.78 is 6.03. The smallest absolute Gasteiger partial charge is 0.255 e. The van der Waals surface area contributed by atoms with Gasteiger partial charge in [0.25, 0.3) is 5.91 Å². The van der Waals surface area contributed by atoms with Crippen LogP contribution in [0.3, 0.4) is 0 Å². The third-order valence-corrected chi connectivity index (χ3v) is 5.80. The molecular weight excluding hydrogens is 406 g/mol. The van der Waals surface area contributed by atoms with Crippen LogP contribution in [0, 0.1) is 0 Å². The summed E-state index contributed by atoms with van der Waals surface area (Å²) in [5.41, 5.74) is 0.423. The molecule has 1 saturated heterocycles. The van der Waals surface area contributed by atoms with Crippen molar-refractivity contribution in [1.82, 2.24) is 15.1 Å². The molecule has 134 valence electrons. The lowest BCUT2D eigenvalue weighted by Gasteiger charge is -2.35. The van der Waals surface area contributed by atoms with E-state index in [1.807, 2.05) is 4.90 Å². The minimum Gasteiger partial charge on any atom is -0.472 e. The van der Waals surface area contributed by atoms with Crippen molar-refractivity contribution in [2.24, 2.45) is 0 Å². The van der Waals surface area contributed by atoms with Crippen molar-refractivity contribution in [3.05, 3.63) is 45.0 Å². The van der Waals surface area contributed by atoms with Crippen molar-refractivity contribution >= 4 is 39.1 Å². The molecule has 1 aliphatic rings. The third-order valence-electron chi connectivity index (χ3n) is 4.19. The number of piperazine rings is 1. The first kappa shape index (κ1) is 18.2. The molecule has 0 saturated carbocycles. The van der Waals surface area contributed by atoms with Crippen LogP contribution in [0.5, 0.6) is 0 Å². The summed E-state index contributed by atoms with van der Waals surface area (Å²) in [6.07, 6.45) is 2.81. The van der Waals surface area contributed by atoms with Gasteiger partial charge in [-0.1, -0.05) is 0 Å². The Labute approximate surface area is 158 Å². The van der Waals surface area contributed by atoms with Gasteiger partial charge in [-0.25, -0.2) is 0 Å². The van der Waals surface area contributed by atoms with E-state index in [1.54, 1.807) is 24.3 Å². The maximum Gasteiger partial charge on any atom is 0.255 e. The zero-order valence-electron chi connectivity index (χ0n) is 13.9. The van der Waals surface area contributed by atoms with Gasteiger partial charge in [-0.3, -0.25) is 14.5 Å². The highest BCUT2D eigenvalue weighted by atomic mass is 79.9. The fraction of sp³-hybridized carbons (Fsp3) is 0.412. The van der Waals surface area contributed by atoms with Crippen LogP contribution in [0.25, 0.3) is 0 Å². The molecule has 1 unspecified atom stereocenters. The Bertz CT molecular complexity index is 723. The number of hydrogen-bond acceptors (Lipinski definition) is 5. The first-order valence-corrected chi connectivity index (χ1v) is 9.72. The van der Waals surface area contributed by atoms with Crippen molar-refractivity contribution in [1.29, 1.82) is 0 Å². The Hall–Kier alpha value is -1.64. The van der Waals surface area contributed by atoms with Crippen LogP contribution in [0.2, 0.25) is 0 Å². The number of furan rings is 1. The van der Waals surface area contributed by atoms with Gasteiger partial charge < -0.3 is 14.6 Å². The molecule has 3 rings (SSSR count). The van der Waals surface area contributed by atoms with E-state index in [9.17, 15) is 9.59 Å². The molecule has 0 aliphatic carbocycles. The van der Waals surface area contributed by atoms with Crippen molar-refractivity contribution in [3.63, 3.8) is 0 Å². The van der Waals surface area contributed by atoms with Crippen molar-refractivity contribution < 1.29 is 14.0 Å². The average Bonchev–Trinajstić information content (AvgIpc) is 3.27. The fourth-order valence-electron chi connectivity index (χ4n) is 2.79. The Morgan fingerprint density at radius 2 is 2.04 bits per heavy atom. The molecule has 3 heterocycles. The SMILES string of the molecule is CC(NC(=O)c1ccoc1)C(=O)N1CCN(Cc2ccc(Br)s2)CC1. The van der Waals surface area contributed by atoms with E-state index in [0.717, 1.165) is 23.4 Å². The Balaban J connectivity index is 1.46. The van der Waals surface area contributed by atoms with E-state index in [4.69, 9.17) is 4.42 Å². The van der Waals surface area contributed by atoms with Gasteiger partial charge in [-0.05, 0) is 41.1 Å². The highest BCUT2D eigenvalue weighted by Crippen LogP contribution is 2.23.